The molecule has 2 N–H and O–H groups in total. The third kappa shape index (κ3) is 3.20. The zero-order valence-electron chi connectivity index (χ0n) is 10.4. The average molecular weight is 256 g/mol. The van der Waals surface area contributed by atoms with Crippen molar-refractivity contribution in [1.29, 1.82) is 0 Å². The summed E-state index contributed by atoms with van der Waals surface area (Å²) in [5, 5.41) is 11.4. The van der Waals surface area contributed by atoms with E-state index >= 15 is 0 Å². The van der Waals surface area contributed by atoms with Crippen molar-refractivity contribution in [2.45, 2.75) is 25.4 Å². The molecule has 2 aliphatic rings. The van der Waals surface area contributed by atoms with Crippen molar-refractivity contribution in [2.75, 3.05) is 32.8 Å². The van der Waals surface area contributed by atoms with Crippen molar-refractivity contribution >= 4 is 11.8 Å². The van der Waals surface area contributed by atoms with E-state index in [1.807, 2.05) is 4.90 Å². The van der Waals surface area contributed by atoms with Crippen LogP contribution in [-0.4, -0.2) is 60.8 Å². The smallest absolute Gasteiger partial charge is 0.227 e. The van der Waals surface area contributed by atoms with Crippen molar-refractivity contribution in [2.24, 2.45) is 5.92 Å². The van der Waals surface area contributed by atoms with Gasteiger partial charge in [-0.3, -0.25) is 9.59 Å². The summed E-state index contributed by atoms with van der Waals surface area (Å²) >= 11 is 0. The topological polar surface area (TPSA) is 78.9 Å². The van der Waals surface area contributed by atoms with Gasteiger partial charge in [-0.2, -0.15) is 0 Å². The van der Waals surface area contributed by atoms with E-state index in [2.05, 4.69) is 5.32 Å². The fourth-order valence-corrected chi connectivity index (χ4v) is 2.50. The molecule has 0 spiro atoms. The number of nitrogens with one attached hydrogen (secondary N) is 1. The first-order chi connectivity index (χ1) is 8.70. The molecule has 6 nitrogen and oxygen atoms in total. The second kappa shape index (κ2) is 6.15. The molecule has 2 amide bonds. The highest BCUT2D eigenvalue weighted by Gasteiger charge is 2.33. The van der Waals surface area contributed by atoms with Gasteiger partial charge < -0.3 is 20.1 Å². The first-order valence-corrected chi connectivity index (χ1v) is 6.48. The van der Waals surface area contributed by atoms with E-state index < -0.39 is 0 Å². The number of carbonyl (C=O) groups is 2. The fourth-order valence-electron chi connectivity index (χ4n) is 2.50. The van der Waals surface area contributed by atoms with Gasteiger partial charge >= 0.3 is 0 Å². The van der Waals surface area contributed by atoms with Crippen molar-refractivity contribution in [3.63, 3.8) is 0 Å². The molecule has 0 bridgehead atoms. The van der Waals surface area contributed by atoms with Crippen LogP contribution < -0.4 is 5.32 Å². The van der Waals surface area contributed by atoms with E-state index in [0.29, 0.717) is 32.7 Å². The third-order valence-corrected chi connectivity index (χ3v) is 3.53. The highest BCUT2D eigenvalue weighted by atomic mass is 16.5. The van der Waals surface area contributed by atoms with Gasteiger partial charge in [0, 0.05) is 26.1 Å². The molecule has 1 atom stereocenters. The first-order valence-electron chi connectivity index (χ1n) is 6.48. The number of piperidine rings is 1. The molecular formula is C12H20N2O4. The minimum Gasteiger partial charge on any atom is -0.394 e. The van der Waals surface area contributed by atoms with Crippen LogP contribution >= 0.6 is 0 Å². The van der Waals surface area contributed by atoms with Crippen LogP contribution in [0.15, 0.2) is 0 Å². The Morgan fingerprint density at radius 3 is 2.72 bits per heavy atom. The molecule has 18 heavy (non-hydrogen) atoms. The number of hydrogen-bond acceptors (Lipinski definition) is 4. The molecule has 1 unspecified atom stereocenters. The maximum absolute atomic E-state index is 12.1. The molecule has 0 aromatic rings. The summed E-state index contributed by atoms with van der Waals surface area (Å²) in [4.78, 5) is 25.0. The summed E-state index contributed by atoms with van der Waals surface area (Å²) in [5.74, 6) is -0.143. The lowest BCUT2D eigenvalue weighted by atomic mass is 10.0. The zero-order valence-corrected chi connectivity index (χ0v) is 10.4. The van der Waals surface area contributed by atoms with Crippen molar-refractivity contribution in [3.8, 4) is 0 Å². The Hall–Kier alpha value is -1.14. The summed E-state index contributed by atoms with van der Waals surface area (Å²) < 4.78 is 5.45. The normalized spacial score (nSPS) is 25.3. The predicted molar refractivity (Wildman–Crippen MR) is 63.8 cm³/mol. The number of hydrogen-bond donors (Lipinski definition) is 2. The summed E-state index contributed by atoms with van der Waals surface area (Å²) in [5.41, 5.74) is 0. The van der Waals surface area contributed by atoms with E-state index in [9.17, 15) is 9.59 Å². The Balaban J connectivity index is 1.75. The number of rotatable bonds is 4. The van der Waals surface area contributed by atoms with Crippen LogP contribution in [0.5, 0.6) is 0 Å². The summed E-state index contributed by atoms with van der Waals surface area (Å²) in [6.45, 7) is 2.23. The minimum atomic E-state index is -0.188. The zero-order chi connectivity index (χ0) is 13.0. The van der Waals surface area contributed by atoms with Crippen LogP contribution in [-0.2, 0) is 14.3 Å². The van der Waals surface area contributed by atoms with Gasteiger partial charge in [-0.25, -0.2) is 0 Å². The number of nitrogens with zero attached hydrogens (tertiary/aromatic N) is 1. The number of amides is 2. The molecule has 0 radical (unpaired) electrons. The molecule has 102 valence electrons. The van der Waals surface area contributed by atoms with Crippen LogP contribution in [0.1, 0.15) is 19.3 Å². The number of aliphatic hydroxyl groups is 1. The molecule has 2 fully saturated rings. The SMILES string of the molecule is O=C1CC(C(=O)N2CCC(OCCO)CC2)CN1. The van der Waals surface area contributed by atoms with Crippen LogP contribution in [0.2, 0.25) is 0 Å². The van der Waals surface area contributed by atoms with Crippen LogP contribution in [0.25, 0.3) is 0 Å². The lowest BCUT2D eigenvalue weighted by Crippen LogP contribution is -2.44. The van der Waals surface area contributed by atoms with Crippen LogP contribution in [0.3, 0.4) is 0 Å². The van der Waals surface area contributed by atoms with Gasteiger partial charge in [0.2, 0.25) is 11.8 Å². The predicted octanol–water partition coefficient (Wildman–Crippen LogP) is -0.878. The van der Waals surface area contributed by atoms with E-state index in [1.165, 1.54) is 0 Å². The molecule has 0 aliphatic carbocycles. The van der Waals surface area contributed by atoms with Crippen LogP contribution in [0, 0.1) is 5.92 Å². The molecule has 0 aromatic heterocycles. The third-order valence-electron chi connectivity index (χ3n) is 3.53. The van der Waals surface area contributed by atoms with Crippen LogP contribution in [0.4, 0.5) is 0 Å². The van der Waals surface area contributed by atoms with Gasteiger partial charge in [0.25, 0.3) is 0 Å². The molecule has 2 rings (SSSR count). The van der Waals surface area contributed by atoms with Gasteiger partial charge in [0.15, 0.2) is 0 Å². The van der Waals surface area contributed by atoms with Gasteiger partial charge in [-0.15, -0.1) is 0 Å². The maximum Gasteiger partial charge on any atom is 0.227 e. The van der Waals surface area contributed by atoms with Crippen molar-refractivity contribution in [3.05, 3.63) is 0 Å². The lowest BCUT2D eigenvalue weighted by molar-refractivity contribution is -0.138. The monoisotopic (exact) mass is 256 g/mol. The summed E-state index contributed by atoms with van der Waals surface area (Å²) in [6.07, 6.45) is 2.07. The maximum atomic E-state index is 12.1. The lowest BCUT2D eigenvalue weighted by Gasteiger charge is -2.33. The standard InChI is InChI=1S/C12H20N2O4/c15-5-6-18-10-1-3-14(4-2-10)12(17)9-7-11(16)13-8-9/h9-10,15H,1-8H2,(H,13,16). The van der Waals surface area contributed by atoms with Gasteiger partial charge in [0.05, 0.1) is 25.2 Å². The number of aliphatic hydroxyl groups excluding tert-OH is 1. The quantitative estimate of drug-likeness (QED) is 0.685. The van der Waals surface area contributed by atoms with E-state index in [-0.39, 0.29) is 30.4 Å². The molecule has 6 heteroatoms. The highest BCUT2D eigenvalue weighted by molar-refractivity contribution is 5.89. The largest absolute Gasteiger partial charge is 0.394 e. The highest BCUT2D eigenvalue weighted by Crippen LogP contribution is 2.18. The van der Waals surface area contributed by atoms with Gasteiger partial charge in [-0.05, 0) is 12.8 Å². The van der Waals surface area contributed by atoms with Crippen molar-refractivity contribution in [1.82, 2.24) is 10.2 Å². The Bertz CT molecular complexity index is 313. The molecular weight excluding hydrogens is 236 g/mol. The fraction of sp³-hybridized carbons (Fsp3) is 0.833. The van der Waals surface area contributed by atoms with E-state index in [4.69, 9.17) is 9.84 Å². The Morgan fingerprint density at radius 2 is 2.17 bits per heavy atom. The van der Waals surface area contributed by atoms with Crippen molar-refractivity contribution < 1.29 is 19.4 Å². The number of likely N-dealkylation sites (tertiary alicyclic amines) is 1. The number of carbonyl (C=O) groups excluding carboxylic acids is 2. The first kappa shape index (κ1) is 13.3. The molecule has 2 aliphatic heterocycles. The molecule has 0 aromatic carbocycles. The molecule has 0 saturated carbocycles. The van der Waals surface area contributed by atoms with Gasteiger partial charge in [0.1, 0.15) is 0 Å². The minimum absolute atomic E-state index is 0.0329. The summed E-state index contributed by atoms with van der Waals surface area (Å²) in [7, 11) is 0. The molecule has 2 heterocycles. The Morgan fingerprint density at radius 1 is 1.44 bits per heavy atom. The average Bonchev–Trinajstić information content (AvgIpc) is 2.83. The second-order valence-electron chi connectivity index (χ2n) is 4.82. The molecule has 2 saturated heterocycles. The number of ether oxygens (including phenoxy) is 1. The Kier molecular flexibility index (Phi) is 4.54. The second-order valence-corrected chi connectivity index (χ2v) is 4.82. The van der Waals surface area contributed by atoms with Gasteiger partial charge in [-0.1, -0.05) is 0 Å². The van der Waals surface area contributed by atoms with E-state index in [0.717, 1.165) is 12.8 Å². The van der Waals surface area contributed by atoms with E-state index in [1.54, 1.807) is 0 Å². The summed E-state index contributed by atoms with van der Waals surface area (Å²) in [6, 6.07) is 0. The Labute approximate surface area is 106 Å².